The standard InChI is InChI=1S/C11H6ClN3/c12-11-9(7-13)8(4-6-15-11)10-3-1-2-5-14-10/h1-6H. The Kier molecular flexibility index (Phi) is 2.61. The van der Waals surface area contributed by atoms with E-state index < -0.39 is 0 Å². The normalized spacial score (nSPS) is 9.60. The Balaban J connectivity index is 2.65. The molecule has 2 aromatic heterocycles. The van der Waals surface area contributed by atoms with Crippen molar-refractivity contribution in [1.29, 1.82) is 5.26 Å². The van der Waals surface area contributed by atoms with Crippen molar-refractivity contribution in [2.75, 3.05) is 0 Å². The highest BCUT2D eigenvalue weighted by molar-refractivity contribution is 6.30. The Hall–Kier alpha value is -1.92. The molecule has 0 unspecified atom stereocenters. The first-order valence-corrected chi connectivity index (χ1v) is 4.66. The lowest BCUT2D eigenvalue weighted by atomic mass is 10.1. The fourth-order valence-corrected chi connectivity index (χ4v) is 1.48. The molecule has 2 rings (SSSR count). The molecule has 0 saturated carbocycles. The molecule has 3 nitrogen and oxygen atoms in total. The van der Waals surface area contributed by atoms with E-state index in [4.69, 9.17) is 16.9 Å². The number of rotatable bonds is 1. The Morgan fingerprint density at radius 3 is 2.67 bits per heavy atom. The third-order valence-electron chi connectivity index (χ3n) is 1.96. The summed E-state index contributed by atoms with van der Waals surface area (Å²) in [6.45, 7) is 0. The summed E-state index contributed by atoms with van der Waals surface area (Å²) in [7, 11) is 0. The van der Waals surface area contributed by atoms with Crippen LogP contribution in [0.2, 0.25) is 5.15 Å². The lowest BCUT2D eigenvalue weighted by Crippen LogP contribution is -1.90. The number of pyridine rings is 2. The molecule has 0 aliphatic carbocycles. The molecule has 0 fully saturated rings. The summed E-state index contributed by atoms with van der Waals surface area (Å²) in [6, 6.07) is 9.26. The summed E-state index contributed by atoms with van der Waals surface area (Å²) in [6.07, 6.45) is 3.23. The van der Waals surface area contributed by atoms with Crippen molar-refractivity contribution < 1.29 is 0 Å². The molecule has 4 heteroatoms. The van der Waals surface area contributed by atoms with Gasteiger partial charge in [-0.1, -0.05) is 17.7 Å². The van der Waals surface area contributed by atoms with Crippen molar-refractivity contribution in [1.82, 2.24) is 9.97 Å². The Bertz CT molecular complexity index is 517. The van der Waals surface area contributed by atoms with Crippen LogP contribution in [0.25, 0.3) is 11.3 Å². The van der Waals surface area contributed by atoms with Gasteiger partial charge in [-0.05, 0) is 18.2 Å². The largest absolute Gasteiger partial charge is 0.256 e. The average molecular weight is 216 g/mol. The van der Waals surface area contributed by atoms with E-state index in [-0.39, 0.29) is 5.15 Å². The molecule has 0 saturated heterocycles. The quantitative estimate of drug-likeness (QED) is 0.688. The number of nitrogens with zero attached hydrogens (tertiary/aromatic N) is 3. The summed E-state index contributed by atoms with van der Waals surface area (Å²) in [5, 5.41) is 9.17. The van der Waals surface area contributed by atoms with Crippen LogP contribution < -0.4 is 0 Å². The Labute approximate surface area is 92.0 Å². The maximum Gasteiger partial charge on any atom is 0.147 e. The fourth-order valence-electron chi connectivity index (χ4n) is 1.28. The predicted octanol–water partition coefficient (Wildman–Crippen LogP) is 2.67. The minimum atomic E-state index is 0.209. The molecule has 0 aliphatic rings. The van der Waals surface area contributed by atoms with Crippen molar-refractivity contribution in [2.24, 2.45) is 0 Å². The van der Waals surface area contributed by atoms with E-state index in [1.165, 1.54) is 0 Å². The number of nitriles is 1. The van der Waals surface area contributed by atoms with Crippen molar-refractivity contribution in [3.8, 4) is 17.3 Å². The number of hydrogen-bond donors (Lipinski definition) is 0. The third-order valence-corrected chi connectivity index (χ3v) is 2.24. The molecule has 2 aromatic rings. The van der Waals surface area contributed by atoms with Gasteiger partial charge in [-0.15, -0.1) is 0 Å². The predicted molar refractivity (Wildman–Crippen MR) is 57.2 cm³/mol. The maximum absolute atomic E-state index is 8.96. The van der Waals surface area contributed by atoms with Crippen LogP contribution in [0.3, 0.4) is 0 Å². The minimum Gasteiger partial charge on any atom is -0.256 e. The van der Waals surface area contributed by atoms with Gasteiger partial charge in [-0.25, -0.2) is 4.98 Å². The zero-order valence-electron chi connectivity index (χ0n) is 7.68. The van der Waals surface area contributed by atoms with Crippen molar-refractivity contribution in [3.63, 3.8) is 0 Å². The van der Waals surface area contributed by atoms with E-state index in [1.807, 2.05) is 24.3 Å². The summed E-state index contributed by atoms with van der Waals surface area (Å²) in [5.41, 5.74) is 1.79. The molecule has 0 aliphatic heterocycles. The van der Waals surface area contributed by atoms with E-state index in [9.17, 15) is 0 Å². The molecule has 0 bridgehead atoms. The van der Waals surface area contributed by atoms with Gasteiger partial charge in [0.05, 0.1) is 11.3 Å². The van der Waals surface area contributed by atoms with Crippen molar-refractivity contribution in [3.05, 3.63) is 47.4 Å². The number of hydrogen-bond acceptors (Lipinski definition) is 3. The van der Waals surface area contributed by atoms with Gasteiger partial charge in [0.25, 0.3) is 0 Å². The van der Waals surface area contributed by atoms with Gasteiger partial charge in [-0.2, -0.15) is 5.26 Å². The van der Waals surface area contributed by atoms with Crippen LogP contribution >= 0.6 is 11.6 Å². The maximum atomic E-state index is 8.96. The van der Waals surface area contributed by atoms with Crippen LogP contribution in [0, 0.1) is 11.3 Å². The summed E-state index contributed by atoms with van der Waals surface area (Å²) < 4.78 is 0. The lowest BCUT2D eigenvalue weighted by Gasteiger charge is -2.02. The smallest absolute Gasteiger partial charge is 0.147 e. The Morgan fingerprint density at radius 2 is 2.00 bits per heavy atom. The molecular weight excluding hydrogens is 210 g/mol. The van der Waals surface area contributed by atoms with Crippen LogP contribution in [0.4, 0.5) is 0 Å². The molecule has 72 valence electrons. The van der Waals surface area contributed by atoms with Gasteiger partial charge in [0.2, 0.25) is 0 Å². The highest BCUT2D eigenvalue weighted by Gasteiger charge is 2.09. The molecule has 0 aromatic carbocycles. The Morgan fingerprint density at radius 1 is 1.13 bits per heavy atom. The SMILES string of the molecule is N#Cc1c(-c2ccccn2)ccnc1Cl. The summed E-state index contributed by atoms with van der Waals surface area (Å²) >= 11 is 5.82. The van der Waals surface area contributed by atoms with Gasteiger partial charge in [0, 0.05) is 18.0 Å². The summed E-state index contributed by atoms with van der Waals surface area (Å²) in [4.78, 5) is 8.01. The minimum absolute atomic E-state index is 0.209. The number of aromatic nitrogens is 2. The van der Waals surface area contributed by atoms with Crippen LogP contribution in [0.15, 0.2) is 36.7 Å². The molecule has 0 atom stereocenters. The zero-order chi connectivity index (χ0) is 10.7. The summed E-state index contributed by atoms with van der Waals surface area (Å²) in [5.74, 6) is 0. The van der Waals surface area contributed by atoms with E-state index in [1.54, 1.807) is 18.5 Å². The molecule has 0 amide bonds. The second kappa shape index (κ2) is 4.07. The molecule has 0 radical (unpaired) electrons. The van der Waals surface area contributed by atoms with Crippen molar-refractivity contribution in [2.45, 2.75) is 0 Å². The molecule has 2 heterocycles. The van der Waals surface area contributed by atoms with Gasteiger partial charge in [0.15, 0.2) is 0 Å². The highest BCUT2D eigenvalue weighted by Crippen LogP contribution is 2.24. The van der Waals surface area contributed by atoms with Gasteiger partial charge < -0.3 is 0 Å². The average Bonchev–Trinajstić information content (AvgIpc) is 2.30. The molecule has 0 spiro atoms. The van der Waals surface area contributed by atoms with E-state index in [2.05, 4.69) is 9.97 Å². The van der Waals surface area contributed by atoms with Gasteiger partial charge in [-0.3, -0.25) is 4.98 Å². The first-order chi connectivity index (χ1) is 7.33. The van der Waals surface area contributed by atoms with Gasteiger partial charge >= 0.3 is 0 Å². The van der Waals surface area contributed by atoms with E-state index in [0.29, 0.717) is 11.1 Å². The first kappa shape index (κ1) is 9.63. The zero-order valence-corrected chi connectivity index (χ0v) is 8.44. The van der Waals surface area contributed by atoms with E-state index >= 15 is 0 Å². The monoisotopic (exact) mass is 215 g/mol. The van der Waals surface area contributed by atoms with Crippen LogP contribution in [0.1, 0.15) is 5.56 Å². The first-order valence-electron chi connectivity index (χ1n) is 4.29. The lowest BCUT2D eigenvalue weighted by molar-refractivity contribution is 1.27. The second-order valence-corrected chi connectivity index (χ2v) is 3.21. The fraction of sp³-hybridized carbons (Fsp3) is 0. The third kappa shape index (κ3) is 1.80. The van der Waals surface area contributed by atoms with Crippen molar-refractivity contribution >= 4 is 11.6 Å². The van der Waals surface area contributed by atoms with E-state index in [0.717, 1.165) is 5.69 Å². The second-order valence-electron chi connectivity index (χ2n) is 2.85. The topological polar surface area (TPSA) is 49.6 Å². The number of halogens is 1. The molecular formula is C11H6ClN3. The van der Waals surface area contributed by atoms with Crippen LogP contribution in [-0.2, 0) is 0 Å². The van der Waals surface area contributed by atoms with Crippen LogP contribution in [-0.4, -0.2) is 9.97 Å². The molecule has 15 heavy (non-hydrogen) atoms. The van der Waals surface area contributed by atoms with Gasteiger partial charge in [0.1, 0.15) is 11.2 Å². The molecule has 0 N–H and O–H groups in total. The van der Waals surface area contributed by atoms with Crippen LogP contribution in [0.5, 0.6) is 0 Å². The highest BCUT2D eigenvalue weighted by atomic mass is 35.5.